The largest absolute Gasteiger partial charge is 0.486 e. The summed E-state index contributed by atoms with van der Waals surface area (Å²) in [7, 11) is 0. The van der Waals surface area contributed by atoms with Crippen LogP contribution in [0.5, 0.6) is 11.5 Å². The molecule has 1 N–H and O–H groups in total. The van der Waals surface area contributed by atoms with Crippen LogP contribution in [0.15, 0.2) is 42.6 Å². The number of hydrogen-bond donors (Lipinski definition) is 1. The highest BCUT2D eigenvalue weighted by Gasteiger charge is 2.13. The van der Waals surface area contributed by atoms with Gasteiger partial charge in [0.05, 0.1) is 6.42 Å². The highest BCUT2D eigenvalue weighted by Crippen LogP contribution is 2.30. The maximum atomic E-state index is 12.1. The van der Waals surface area contributed by atoms with Gasteiger partial charge in [0, 0.05) is 19.2 Å². The first-order valence-corrected chi connectivity index (χ1v) is 8.23. The second-order valence-electron chi connectivity index (χ2n) is 5.80. The van der Waals surface area contributed by atoms with Crippen molar-refractivity contribution in [3.63, 3.8) is 0 Å². The third-order valence-corrected chi connectivity index (χ3v) is 4.03. The van der Waals surface area contributed by atoms with E-state index in [1.807, 2.05) is 47.0 Å². The van der Waals surface area contributed by atoms with Gasteiger partial charge in [0.25, 0.3) is 0 Å². The van der Waals surface area contributed by atoms with Crippen molar-refractivity contribution in [2.75, 3.05) is 19.8 Å². The van der Waals surface area contributed by atoms with E-state index in [1.165, 1.54) is 0 Å². The average molecular weight is 338 g/mol. The summed E-state index contributed by atoms with van der Waals surface area (Å²) in [5.41, 5.74) is 1.70. The van der Waals surface area contributed by atoms with Crippen molar-refractivity contribution in [1.82, 2.24) is 19.9 Å². The van der Waals surface area contributed by atoms with Crippen LogP contribution in [0, 0.1) is 0 Å². The molecule has 1 aliphatic rings. The van der Waals surface area contributed by atoms with E-state index in [2.05, 4.69) is 15.5 Å². The zero-order valence-electron chi connectivity index (χ0n) is 13.6. The molecule has 0 spiro atoms. The van der Waals surface area contributed by atoms with Gasteiger partial charge in [-0.15, -0.1) is 10.2 Å². The minimum atomic E-state index is -0.0366. The number of benzene rings is 1. The summed E-state index contributed by atoms with van der Waals surface area (Å²) < 4.78 is 12.9. The normalized spacial score (nSPS) is 13.0. The highest BCUT2D eigenvalue weighted by molar-refractivity contribution is 5.78. The fraction of sp³-hybridized carbons (Fsp3) is 0.278. The van der Waals surface area contributed by atoms with Crippen molar-refractivity contribution in [3.05, 3.63) is 54.0 Å². The van der Waals surface area contributed by atoms with E-state index in [0.29, 0.717) is 38.3 Å². The number of carbonyl (C=O) groups is 1. The van der Waals surface area contributed by atoms with Crippen molar-refractivity contribution in [1.29, 1.82) is 0 Å². The number of amides is 1. The van der Waals surface area contributed by atoms with E-state index in [9.17, 15) is 4.79 Å². The van der Waals surface area contributed by atoms with Gasteiger partial charge in [-0.25, -0.2) is 0 Å². The van der Waals surface area contributed by atoms with Gasteiger partial charge in [0.2, 0.25) is 5.91 Å². The first-order valence-electron chi connectivity index (χ1n) is 8.23. The summed E-state index contributed by atoms with van der Waals surface area (Å²) in [4.78, 5) is 12.1. The number of nitrogens with zero attached hydrogens (tertiary/aromatic N) is 3. The van der Waals surface area contributed by atoms with Crippen LogP contribution in [0.2, 0.25) is 0 Å². The second kappa shape index (κ2) is 6.80. The topological polar surface area (TPSA) is 77.8 Å². The Kier molecular flexibility index (Phi) is 4.20. The smallest absolute Gasteiger partial charge is 0.224 e. The van der Waals surface area contributed by atoms with Crippen LogP contribution in [0.1, 0.15) is 11.4 Å². The standard InChI is InChI=1S/C18H18N4O3/c23-18(12-13-4-5-14-15(11-13)25-10-9-24-14)19-7-6-17-21-20-16-3-1-2-8-22(16)17/h1-5,8,11H,6-7,9-10,12H2,(H,19,23). The summed E-state index contributed by atoms with van der Waals surface area (Å²) in [6.45, 7) is 1.61. The number of hydrogen-bond acceptors (Lipinski definition) is 5. The number of carbonyl (C=O) groups excluding carboxylic acids is 1. The average Bonchev–Trinajstić information content (AvgIpc) is 3.05. The molecule has 1 aliphatic heterocycles. The lowest BCUT2D eigenvalue weighted by atomic mass is 10.1. The Labute approximate surface area is 144 Å². The summed E-state index contributed by atoms with van der Waals surface area (Å²) in [6, 6.07) is 11.3. The van der Waals surface area contributed by atoms with Crippen molar-refractivity contribution in [3.8, 4) is 11.5 Å². The van der Waals surface area contributed by atoms with Crippen LogP contribution in [0.25, 0.3) is 5.65 Å². The van der Waals surface area contributed by atoms with Crippen molar-refractivity contribution in [2.24, 2.45) is 0 Å². The van der Waals surface area contributed by atoms with E-state index in [4.69, 9.17) is 9.47 Å². The molecule has 25 heavy (non-hydrogen) atoms. The van der Waals surface area contributed by atoms with Crippen molar-refractivity contribution < 1.29 is 14.3 Å². The zero-order chi connectivity index (χ0) is 17.1. The van der Waals surface area contributed by atoms with Gasteiger partial charge < -0.3 is 14.8 Å². The molecule has 0 saturated heterocycles. The van der Waals surface area contributed by atoms with Gasteiger partial charge in [0.15, 0.2) is 17.1 Å². The zero-order valence-corrected chi connectivity index (χ0v) is 13.6. The molecule has 0 unspecified atom stereocenters. The minimum Gasteiger partial charge on any atom is -0.486 e. The summed E-state index contributed by atoms with van der Waals surface area (Å²) in [6.07, 6.45) is 2.84. The Morgan fingerprint density at radius 3 is 2.92 bits per heavy atom. The van der Waals surface area contributed by atoms with Crippen LogP contribution in [-0.4, -0.2) is 40.3 Å². The van der Waals surface area contributed by atoms with E-state index in [1.54, 1.807) is 0 Å². The van der Waals surface area contributed by atoms with E-state index in [-0.39, 0.29) is 5.91 Å². The quantitative estimate of drug-likeness (QED) is 0.761. The van der Waals surface area contributed by atoms with Gasteiger partial charge in [-0.1, -0.05) is 12.1 Å². The Morgan fingerprint density at radius 1 is 1.12 bits per heavy atom. The number of pyridine rings is 1. The molecule has 2 aromatic heterocycles. The monoisotopic (exact) mass is 338 g/mol. The number of rotatable bonds is 5. The van der Waals surface area contributed by atoms with Crippen LogP contribution in [0.4, 0.5) is 0 Å². The van der Waals surface area contributed by atoms with Gasteiger partial charge in [0.1, 0.15) is 19.0 Å². The van der Waals surface area contributed by atoms with Crippen molar-refractivity contribution in [2.45, 2.75) is 12.8 Å². The van der Waals surface area contributed by atoms with E-state index in [0.717, 1.165) is 22.8 Å². The van der Waals surface area contributed by atoms with Gasteiger partial charge in [-0.2, -0.15) is 0 Å². The Hall–Kier alpha value is -3.09. The highest BCUT2D eigenvalue weighted by atomic mass is 16.6. The fourth-order valence-corrected chi connectivity index (χ4v) is 2.82. The molecule has 0 fully saturated rings. The molecule has 0 radical (unpaired) electrons. The molecule has 0 atom stereocenters. The van der Waals surface area contributed by atoms with E-state index < -0.39 is 0 Å². The van der Waals surface area contributed by atoms with Crippen LogP contribution >= 0.6 is 0 Å². The molecule has 7 heteroatoms. The fourth-order valence-electron chi connectivity index (χ4n) is 2.82. The summed E-state index contributed by atoms with van der Waals surface area (Å²) in [5, 5.41) is 11.2. The molecular formula is C18H18N4O3. The second-order valence-corrected chi connectivity index (χ2v) is 5.80. The number of fused-ring (bicyclic) bond motifs is 2. The first kappa shape index (κ1) is 15.4. The van der Waals surface area contributed by atoms with Crippen molar-refractivity contribution >= 4 is 11.6 Å². The molecule has 3 aromatic rings. The molecule has 0 saturated carbocycles. The molecule has 0 aliphatic carbocycles. The summed E-state index contributed by atoms with van der Waals surface area (Å²) >= 11 is 0. The number of ether oxygens (including phenoxy) is 2. The van der Waals surface area contributed by atoms with Crippen LogP contribution in [0.3, 0.4) is 0 Å². The lowest BCUT2D eigenvalue weighted by Gasteiger charge is -2.18. The molecule has 0 bridgehead atoms. The summed E-state index contributed by atoms with van der Waals surface area (Å²) in [5.74, 6) is 2.22. The molecule has 1 amide bonds. The van der Waals surface area contributed by atoms with Gasteiger partial charge in [-0.3, -0.25) is 9.20 Å². The minimum absolute atomic E-state index is 0.0366. The molecule has 4 rings (SSSR count). The molecular weight excluding hydrogens is 320 g/mol. The maximum Gasteiger partial charge on any atom is 0.224 e. The number of aromatic nitrogens is 3. The van der Waals surface area contributed by atoms with Crippen LogP contribution < -0.4 is 14.8 Å². The third-order valence-electron chi connectivity index (χ3n) is 4.03. The SMILES string of the molecule is O=C(Cc1ccc2c(c1)OCCO2)NCCc1nnc2ccccn12. The lowest BCUT2D eigenvalue weighted by molar-refractivity contribution is -0.120. The third kappa shape index (κ3) is 3.40. The first-order chi connectivity index (χ1) is 12.3. The molecule has 1 aromatic carbocycles. The Balaban J connectivity index is 1.32. The van der Waals surface area contributed by atoms with Gasteiger partial charge in [-0.05, 0) is 29.8 Å². The lowest BCUT2D eigenvalue weighted by Crippen LogP contribution is -2.27. The number of nitrogens with one attached hydrogen (secondary N) is 1. The Bertz CT molecular complexity index is 906. The molecule has 7 nitrogen and oxygen atoms in total. The predicted molar refractivity (Wildman–Crippen MR) is 90.8 cm³/mol. The van der Waals surface area contributed by atoms with Gasteiger partial charge >= 0.3 is 0 Å². The predicted octanol–water partition coefficient (Wildman–Crippen LogP) is 1.40. The molecule has 3 heterocycles. The van der Waals surface area contributed by atoms with Crippen LogP contribution in [-0.2, 0) is 17.6 Å². The van der Waals surface area contributed by atoms with E-state index >= 15 is 0 Å². The molecule has 128 valence electrons. The maximum absolute atomic E-state index is 12.1. The Morgan fingerprint density at radius 2 is 2.00 bits per heavy atom.